The number of nitrogens with one attached hydrogen (secondary N) is 1. The Morgan fingerprint density at radius 2 is 1.49 bits per heavy atom. The van der Waals surface area contributed by atoms with E-state index in [4.69, 9.17) is 23.2 Å². The minimum Gasteiger partial charge on any atom is -0.352 e. The van der Waals surface area contributed by atoms with E-state index in [1.54, 1.807) is 18.2 Å². The van der Waals surface area contributed by atoms with Crippen LogP contribution in [0.3, 0.4) is 0 Å². The molecule has 0 aromatic heterocycles. The number of carbonyl (C=O) groups is 2. The lowest BCUT2D eigenvalue weighted by Crippen LogP contribution is -2.54. The number of hydrogen-bond donors (Lipinski definition) is 1. The Kier molecular flexibility index (Phi) is 11.7. The smallest absolute Gasteiger partial charge is 0.264 e. The van der Waals surface area contributed by atoms with E-state index in [2.05, 4.69) is 21.2 Å². The number of rotatable bonds is 12. The van der Waals surface area contributed by atoms with E-state index >= 15 is 0 Å². The Balaban J connectivity index is 1.83. The van der Waals surface area contributed by atoms with Crippen LogP contribution < -0.4 is 9.62 Å². The van der Waals surface area contributed by atoms with Crippen molar-refractivity contribution in [1.29, 1.82) is 0 Å². The van der Waals surface area contributed by atoms with Crippen LogP contribution in [0.25, 0.3) is 0 Å². The van der Waals surface area contributed by atoms with E-state index in [1.165, 1.54) is 29.2 Å². The number of halogens is 3. The summed E-state index contributed by atoms with van der Waals surface area (Å²) >= 11 is 16.3. The highest BCUT2D eigenvalue weighted by atomic mass is 79.9. The van der Waals surface area contributed by atoms with Crippen molar-refractivity contribution < 1.29 is 18.0 Å². The van der Waals surface area contributed by atoms with Crippen molar-refractivity contribution in [1.82, 2.24) is 10.2 Å². The minimum atomic E-state index is -4.31. The summed E-state index contributed by atoms with van der Waals surface area (Å²) in [5.74, 6) is -0.947. The van der Waals surface area contributed by atoms with E-state index in [1.807, 2.05) is 75.4 Å². The lowest BCUT2D eigenvalue weighted by atomic mass is 10.0. The molecule has 7 nitrogen and oxygen atoms in total. The molecule has 0 aliphatic carbocycles. The zero-order valence-corrected chi connectivity index (χ0v) is 29.0. The van der Waals surface area contributed by atoms with Gasteiger partial charge in [-0.25, -0.2) is 8.42 Å². The summed E-state index contributed by atoms with van der Waals surface area (Å²) < 4.78 is 30.2. The Labute approximate surface area is 283 Å². The molecule has 0 saturated carbocycles. The van der Waals surface area contributed by atoms with E-state index in [0.717, 1.165) is 25.5 Å². The summed E-state index contributed by atoms with van der Waals surface area (Å²) in [6, 6.07) is 26.5. The van der Waals surface area contributed by atoms with Gasteiger partial charge in [-0.15, -0.1) is 0 Å². The lowest BCUT2D eigenvalue weighted by molar-refractivity contribution is -0.140. The molecule has 11 heteroatoms. The predicted molar refractivity (Wildman–Crippen MR) is 184 cm³/mol. The van der Waals surface area contributed by atoms with Gasteiger partial charge in [0.1, 0.15) is 12.6 Å². The fourth-order valence-electron chi connectivity index (χ4n) is 4.76. The monoisotopic (exact) mass is 729 g/mol. The van der Waals surface area contributed by atoms with Gasteiger partial charge >= 0.3 is 0 Å². The number of nitrogens with zero attached hydrogens (tertiary/aromatic N) is 2. The number of benzene rings is 4. The van der Waals surface area contributed by atoms with Crippen LogP contribution in [0.5, 0.6) is 0 Å². The first-order valence-corrected chi connectivity index (χ1v) is 17.3. The predicted octanol–water partition coefficient (Wildman–Crippen LogP) is 7.42. The molecule has 1 unspecified atom stereocenters. The van der Waals surface area contributed by atoms with Crippen LogP contribution in [-0.4, -0.2) is 43.8 Å². The molecule has 1 atom stereocenters. The van der Waals surface area contributed by atoms with Gasteiger partial charge in [0, 0.05) is 23.5 Å². The van der Waals surface area contributed by atoms with Gasteiger partial charge in [0.15, 0.2) is 0 Å². The first-order chi connectivity index (χ1) is 21.4. The number of amides is 2. The van der Waals surface area contributed by atoms with Gasteiger partial charge in [-0.1, -0.05) is 105 Å². The minimum absolute atomic E-state index is 0.0134. The van der Waals surface area contributed by atoms with Gasteiger partial charge in [0.25, 0.3) is 10.0 Å². The molecule has 0 heterocycles. The molecule has 0 radical (unpaired) electrons. The van der Waals surface area contributed by atoms with Gasteiger partial charge in [0.05, 0.1) is 20.6 Å². The van der Waals surface area contributed by atoms with Crippen molar-refractivity contribution in [2.24, 2.45) is 0 Å². The lowest BCUT2D eigenvalue weighted by Gasteiger charge is -2.34. The average molecular weight is 732 g/mol. The highest BCUT2D eigenvalue weighted by Gasteiger charge is 2.35. The molecule has 45 heavy (non-hydrogen) atoms. The van der Waals surface area contributed by atoms with Crippen LogP contribution in [0.4, 0.5) is 5.69 Å². The van der Waals surface area contributed by atoms with Gasteiger partial charge in [-0.2, -0.15) is 0 Å². The standard InChI is InChI=1S/C34H34BrCl2N3O4S/c1-23(2)38-34(42)31(20-25-8-5-4-6-9-25)39(21-26-14-16-27(35)17-15-26)32(41)22-40(30-11-7-10-29(36)33(30)37)45(43,44)28-18-12-24(3)13-19-28/h4-19,23,31H,20-22H2,1-3H3,(H,38,42). The molecule has 236 valence electrons. The molecule has 0 saturated heterocycles. The molecule has 0 aliphatic heterocycles. The zero-order chi connectivity index (χ0) is 32.7. The second-order valence-electron chi connectivity index (χ2n) is 10.9. The molecule has 4 aromatic rings. The maximum atomic E-state index is 14.5. The maximum absolute atomic E-state index is 14.5. The summed E-state index contributed by atoms with van der Waals surface area (Å²) in [5, 5.41) is 3.07. The number of aryl methyl sites for hydroxylation is 1. The van der Waals surface area contributed by atoms with Crippen LogP contribution in [0.1, 0.15) is 30.5 Å². The Morgan fingerprint density at radius 1 is 0.844 bits per heavy atom. The molecule has 1 N–H and O–H groups in total. The molecular formula is C34H34BrCl2N3O4S. The highest BCUT2D eigenvalue weighted by Crippen LogP contribution is 2.35. The molecule has 4 rings (SSSR count). The molecule has 0 aliphatic rings. The summed E-state index contributed by atoms with van der Waals surface area (Å²) in [5.41, 5.74) is 2.53. The molecule has 0 fully saturated rings. The third kappa shape index (κ3) is 8.88. The fourth-order valence-corrected chi connectivity index (χ4v) is 6.90. The first-order valence-electron chi connectivity index (χ1n) is 14.3. The topological polar surface area (TPSA) is 86.8 Å². The Morgan fingerprint density at radius 3 is 2.11 bits per heavy atom. The van der Waals surface area contributed by atoms with Crippen molar-refractivity contribution in [3.8, 4) is 0 Å². The first kappa shape index (κ1) is 34.5. The Hall–Kier alpha value is -3.37. The normalized spacial score (nSPS) is 12.1. The van der Waals surface area contributed by atoms with E-state index in [0.29, 0.717) is 0 Å². The fraction of sp³-hybridized carbons (Fsp3) is 0.235. The summed E-state index contributed by atoms with van der Waals surface area (Å²) in [4.78, 5) is 29.7. The Bertz CT molecular complexity index is 1740. The second kappa shape index (κ2) is 15.3. The van der Waals surface area contributed by atoms with Crippen molar-refractivity contribution in [3.63, 3.8) is 0 Å². The van der Waals surface area contributed by atoms with E-state index < -0.39 is 28.5 Å². The number of carbonyl (C=O) groups excluding carboxylic acids is 2. The summed E-state index contributed by atoms with van der Waals surface area (Å²) in [6.45, 7) is 4.95. The van der Waals surface area contributed by atoms with Crippen LogP contribution >= 0.6 is 39.1 Å². The van der Waals surface area contributed by atoms with Crippen molar-refractivity contribution in [2.75, 3.05) is 10.8 Å². The van der Waals surface area contributed by atoms with Crippen molar-refractivity contribution >= 4 is 66.7 Å². The van der Waals surface area contributed by atoms with Crippen LogP contribution in [0, 0.1) is 6.92 Å². The van der Waals surface area contributed by atoms with Crippen LogP contribution in [0.2, 0.25) is 10.0 Å². The SMILES string of the molecule is Cc1ccc(S(=O)(=O)N(CC(=O)N(Cc2ccc(Br)cc2)C(Cc2ccccc2)C(=O)NC(C)C)c2cccc(Cl)c2Cl)cc1. The number of hydrogen-bond acceptors (Lipinski definition) is 4. The van der Waals surface area contributed by atoms with Crippen molar-refractivity contribution in [3.05, 3.63) is 128 Å². The summed E-state index contributed by atoms with van der Waals surface area (Å²) in [6.07, 6.45) is 0.213. The van der Waals surface area contributed by atoms with Crippen molar-refractivity contribution in [2.45, 2.75) is 50.7 Å². The van der Waals surface area contributed by atoms with Crippen LogP contribution in [-0.2, 0) is 32.6 Å². The average Bonchev–Trinajstić information content (AvgIpc) is 3.00. The number of sulfonamides is 1. The second-order valence-corrected chi connectivity index (χ2v) is 14.5. The zero-order valence-electron chi connectivity index (χ0n) is 25.1. The third-order valence-electron chi connectivity index (χ3n) is 7.06. The molecule has 4 aromatic carbocycles. The van der Waals surface area contributed by atoms with Gasteiger partial charge in [0.2, 0.25) is 11.8 Å². The molecule has 0 bridgehead atoms. The van der Waals surface area contributed by atoms with Gasteiger partial charge in [-0.3, -0.25) is 13.9 Å². The van der Waals surface area contributed by atoms with E-state index in [-0.39, 0.29) is 45.5 Å². The molecule has 0 spiro atoms. The molecular weight excluding hydrogens is 697 g/mol. The maximum Gasteiger partial charge on any atom is 0.264 e. The van der Waals surface area contributed by atoms with Gasteiger partial charge in [-0.05, 0) is 68.3 Å². The third-order valence-corrected chi connectivity index (χ3v) is 10.2. The van der Waals surface area contributed by atoms with E-state index in [9.17, 15) is 18.0 Å². The quantitative estimate of drug-likeness (QED) is 0.164. The highest BCUT2D eigenvalue weighted by molar-refractivity contribution is 9.10. The van der Waals surface area contributed by atoms with Gasteiger partial charge < -0.3 is 10.2 Å². The largest absolute Gasteiger partial charge is 0.352 e. The summed E-state index contributed by atoms with van der Waals surface area (Å²) in [7, 11) is -4.31. The number of anilines is 1. The molecule has 2 amide bonds. The van der Waals surface area contributed by atoms with Crippen LogP contribution in [0.15, 0.2) is 106 Å².